The summed E-state index contributed by atoms with van der Waals surface area (Å²) in [7, 11) is 0. The van der Waals surface area contributed by atoms with Crippen LogP contribution in [0.4, 0.5) is 0 Å². The Morgan fingerprint density at radius 2 is 1.32 bits per heavy atom. The number of ketones is 1. The SMILES string of the molecule is CCC(=O)C(=O)O.CC[C@H](O)C(=O)O.CC[C@H](O)C(=O)OCC(C)C. The summed E-state index contributed by atoms with van der Waals surface area (Å²) in [6, 6.07) is 0. The molecule has 4 N–H and O–H groups in total. The van der Waals surface area contributed by atoms with Gasteiger partial charge in [-0.3, -0.25) is 4.79 Å². The Bertz CT molecular complexity index is 404. The van der Waals surface area contributed by atoms with Crippen molar-refractivity contribution in [2.24, 2.45) is 5.92 Å². The van der Waals surface area contributed by atoms with Crippen LogP contribution in [-0.2, 0) is 23.9 Å². The molecule has 0 saturated carbocycles. The number of carbonyl (C=O) groups excluding carboxylic acids is 2. The number of carboxylic acid groups (broad SMARTS) is 2. The van der Waals surface area contributed by atoms with E-state index in [1.54, 1.807) is 13.8 Å². The second kappa shape index (κ2) is 16.8. The van der Waals surface area contributed by atoms with Gasteiger partial charge in [0, 0.05) is 6.42 Å². The Morgan fingerprint density at radius 1 is 0.880 bits per heavy atom. The number of rotatable bonds is 8. The van der Waals surface area contributed by atoms with Gasteiger partial charge in [-0.1, -0.05) is 34.6 Å². The van der Waals surface area contributed by atoms with Crippen LogP contribution in [0, 0.1) is 5.92 Å². The van der Waals surface area contributed by atoms with Crippen molar-refractivity contribution >= 4 is 23.7 Å². The number of aliphatic hydroxyl groups excluding tert-OH is 2. The van der Waals surface area contributed by atoms with E-state index in [4.69, 9.17) is 25.2 Å². The molecule has 0 unspecified atom stereocenters. The summed E-state index contributed by atoms with van der Waals surface area (Å²) in [6.07, 6.45) is -1.37. The monoisotopic (exact) mass is 366 g/mol. The summed E-state index contributed by atoms with van der Waals surface area (Å²) in [5.41, 5.74) is 0. The van der Waals surface area contributed by atoms with Crippen LogP contribution in [0.2, 0.25) is 0 Å². The quantitative estimate of drug-likeness (QED) is 0.361. The molecule has 0 aromatic carbocycles. The molecular formula is C16H30O9. The minimum Gasteiger partial charge on any atom is -0.479 e. The second-order valence-corrected chi connectivity index (χ2v) is 5.29. The molecule has 148 valence electrons. The summed E-state index contributed by atoms with van der Waals surface area (Å²) >= 11 is 0. The van der Waals surface area contributed by atoms with Crippen molar-refractivity contribution in [3.05, 3.63) is 0 Å². The lowest BCUT2D eigenvalue weighted by Gasteiger charge is -2.09. The molecule has 0 spiro atoms. The van der Waals surface area contributed by atoms with E-state index in [2.05, 4.69) is 0 Å². The zero-order valence-corrected chi connectivity index (χ0v) is 15.4. The molecule has 0 heterocycles. The molecule has 0 aromatic rings. The molecular weight excluding hydrogens is 336 g/mol. The minimum atomic E-state index is -1.34. The third-order valence-corrected chi connectivity index (χ3v) is 2.45. The van der Waals surface area contributed by atoms with Gasteiger partial charge < -0.3 is 25.2 Å². The first-order chi connectivity index (χ1) is 11.4. The van der Waals surface area contributed by atoms with Gasteiger partial charge >= 0.3 is 17.9 Å². The number of Topliss-reactive ketones (excluding diaryl/α,β-unsaturated/α-hetero) is 1. The predicted octanol–water partition coefficient (Wildman–Crippen LogP) is 0.848. The Kier molecular flexibility index (Phi) is 18.8. The maximum Gasteiger partial charge on any atom is 0.372 e. The molecule has 25 heavy (non-hydrogen) atoms. The first-order valence-corrected chi connectivity index (χ1v) is 7.95. The van der Waals surface area contributed by atoms with Crippen LogP contribution in [0.25, 0.3) is 0 Å². The van der Waals surface area contributed by atoms with Gasteiger partial charge in [0.25, 0.3) is 0 Å². The maximum absolute atomic E-state index is 10.8. The third kappa shape index (κ3) is 20.0. The molecule has 0 saturated heterocycles. The standard InChI is InChI=1S/C8H16O3.C4H8O3.C4H6O3/c1-4-7(9)8(10)11-5-6(2)3;2*1-2-3(5)4(6)7/h6-7,9H,4-5H2,1-3H3;3,5H,2H2,1H3,(H,6,7);2H2,1H3,(H,6,7)/t7-;3-;/m00./s1. The van der Waals surface area contributed by atoms with Gasteiger partial charge in [-0.25, -0.2) is 14.4 Å². The number of carboxylic acids is 2. The Labute approximate surface area is 147 Å². The molecule has 0 radical (unpaired) electrons. The third-order valence-electron chi connectivity index (χ3n) is 2.45. The first kappa shape index (κ1) is 27.8. The lowest BCUT2D eigenvalue weighted by atomic mass is 10.2. The Morgan fingerprint density at radius 3 is 1.48 bits per heavy atom. The van der Waals surface area contributed by atoms with E-state index in [0.29, 0.717) is 18.9 Å². The average molecular weight is 366 g/mol. The van der Waals surface area contributed by atoms with E-state index >= 15 is 0 Å². The zero-order chi connectivity index (χ0) is 20.6. The van der Waals surface area contributed by atoms with Gasteiger partial charge in [-0.15, -0.1) is 0 Å². The highest BCUT2D eigenvalue weighted by Crippen LogP contribution is 1.97. The van der Waals surface area contributed by atoms with Crippen molar-refractivity contribution in [3.8, 4) is 0 Å². The Balaban J connectivity index is -0.000000304. The highest BCUT2D eigenvalue weighted by atomic mass is 16.5. The van der Waals surface area contributed by atoms with Crippen LogP contribution in [0.5, 0.6) is 0 Å². The molecule has 0 aliphatic rings. The van der Waals surface area contributed by atoms with E-state index in [0.717, 1.165) is 0 Å². The van der Waals surface area contributed by atoms with Crippen molar-refractivity contribution < 1.29 is 44.3 Å². The number of esters is 1. The smallest absolute Gasteiger partial charge is 0.372 e. The van der Waals surface area contributed by atoms with Gasteiger partial charge in [0.15, 0.2) is 12.2 Å². The lowest BCUT2D eigenvalue weighted by Crippen LogP contribution is -2.23. The zero-order valence-electron chi connectivity index (χ0n) is 15.4. The first-order valence-electron chi connectivity index (χ1n) is 7.95. The molecule has 0 fully saturated rings. The van der Waals surface area contributed by atoms with Crippen LogP contribution < -0.4 is 0 Å². The largest absolute Gasteiger partial charge is 0.479 e. The van der Waals surface area contributed by atoms with Gasteiger partial charge in [0.2, 0.25) is 5.78 Å². The van der Waals surface area contributed by atoms with Crippen molar-refractivity contribution in [2.45, 2.75) is 66.1 Å². The highest BCUT2D eigenvalue weighted by molar-refractivity contribution is 6.32. The van der Waals surface area contributed by atoms with Gasteiger partial charge in [-0.2, -0.15) is 0 Å². The van der Waals surface area contributed by atoms with Crippen LogP contribution in [0.3, 0.4) is 0 Å². The van der Waals surface area contributed by atoms with Crippen molar-refractivity contribution in [1.29, 1.82) is 0 Å². The van der Waals surface area contributed by atoms with Gasteiger partial charge in [-0.05, 0) is 18.8 Å². The minimum absolute atomic E-state index is 0.0787. The molecule has 0 rings (SSSR count). The molecule has 0 bridgehead atoms. The molecule has 0 amide bonds. The summed E-state index contributed by atoms with van der Waals surface area (Å²) in [5, 5.41) is 33.1. The van der Waals surface area contributed by atoms with E-state index in [1.807, 2.05) is 13.8 Å². The predicted molar refractivity (Wildman–Crippen MR) is 89.0 cm³/mol. The van der Waals surface area contributed by atoms with Crippen molar-refractivity contribution in [2.75, 3.05) is 6.61 Å². The van der Waals surface area contributed by atoms with Gasteiger partial charge in [0.1, 0.15) is 0 Å². The number of aliphatic hydroxyl groups is 2. The highest BCUT2D eigenvalue weighted by Gasteiger charge is 2.13. The number of ether oxygens (including phenoxy) is 1. The number of hydrogen-bond acceptors (Lipinski definition) is 7. The fraction of sp³-hybridized carbons (Fsp3) is 0.750. The van der Waals surface area contributed by atoms with Gasteiger partial charge in [0.05, 0.1) is 6.61 Å². The fourth-order valence-electron chi connectivity index (χ4n) is 0.838. The topological polar surface area (TPSA) is 158 Å². The van der Waals surface area contributed by atoms with E-state index in [1.165, 1.54) is 6.92 Å². The number of aliphatic carboxylic acids is 2. The maximum atomic E-state index is 10.8. The summed E-state index contributed by atoms with van der Waals surface area (Å²) in [6.45, 7) is 9.14. The van der Waals surface area contributed by atoms with Crippen LogP contribution in [0.1, 0.15) is 53.9 Å². The van der Waals surface area contributed by atoms with E-state index < -0.39 is 35.9 Å². The van der Waals surface area contributed by atoms with Crippen molar-refractivity contribution in [3.63, 3.8) is 0 Å². The van der Waals surface area contributed by atoms with Crippen LogP contribution in [0.15, 0.2) is 0 Å². The molecule has 9 nitrogen and oxygen atoms in total. The molecule has 0 aromatic heterocycles. The van der Waals surface area contributed by atoms with Crippen LogP contribution >= 0.6 is 0 Å². The lowest BCUT2D eigenvalue weighted by molar-refractivity contribution is -0.154. The molecule has 0 aliphatic heterocycles. The molecule has 9 heteroatoms. The average Bonchev–Trinajstić information content (AvgIpc) is 2.57. The summed E-state index contributed by atoms with van der Waals surface area (Å²) < 4.78 is 4.77. The number of carbonyl (C=O) groups is 4. The Hall–Kier alpha value is -2.00. The van der Waals surface area contributed by atoms with E-state index in [9.17, 15) is 19.2 Å². The molecule has 2 atom stereocenters. The van der Waals surface area contributed by atoms with E-state index in [-0.39, 0.29) is 12.8 Å². The van der Waals surface area contributed by atoms with Crippen molar-refractivity contribution in [1.82, 2.24) is 0 Å². The normalized spacial score (nSPS) is 11.8. The second-order valence-electron chi connectivity index (χ2n) is 5.29. The number of hydrogen-bond donors (Lipinski definition) is 4. The summed E-state index contributed by atoms with van der Waals surface area (Å²) in [5.74, 6) is -3.42. The fourth-order valence-corrected chi connectivity index (χ4v) is 0.838. The van der Waals surface area contributed by atoms with Crippen LogP contribution in [-0.4, -0.2) is 62.9 Å². The molecule has 0 aliphatic carbocycles. The summed E-state index contributed by atoms with van der Waals surface area (Å²) in [4.78, 5) is 40.0.